The van der Waals surface area contributed by atoms with Gasteiger partial charge in [-0.3, -0.25) is 4.90 Å². The van der Waals surface area contributed by atoms with Crippen LogP contribution in [0.25, 0.3) is 0 Å². The first kappa shape index (κ1) is 11.4. The lowest BCUT2D eigenvalue weighted by atomic mass is 10.1. The molecule has 0 bridgehead atoms. The lowest BCUT2D eigenvalue weighted by molar-refractivity contribution is 0.237. The van der Waals surface area contributed by atoms with Crippen molar-refractivity contribution in [3.05, 3.63) is 21.9 Å². The molecular weight excluding hydrogens is 222 g/mol. The minimum Gasteiger partial charge on any atom is -0.409 e. The number of fused-ring (bicyclic) bond motifs is 1. The third-order valence-corrected chi connectivity index (χ3v) is 4.06. The van der Waals surface area contributed by atoms with Gasteiger partial charge < -0.3 is 10.9 Å². The molecule has 0 spiro atoms. The molecule has 0 radical (unpaired) electrons. The molecule has 1 aliphatic heterocycles. The van der Waals surface area contributed by atoms with Crippen LogP contribution in [-0.4, -0.2) is 29.0 Å². The molecule has 0 aromatic carbocycles. The fraction of sp³-hybridized carbons (Fsp3) is 0.545. The van der Waals surface area contributed by atoms with Gasteiger partial charge in [-0.1, -0.05) is 12.1 Å². The van der Waals surface area contributed by atoms with Gasteiger partial charge in [0.15, 0.2) is 0 Å². The fourth-order valence-corrected chi connectivity index (χ4v) is 2.93. The van der Waals surface area contributed by atoms with E-state index in [1.54, 1.807) is 0 Å². The van der Waals surface area contributed by atoms with Crippen molar-refractivity contribution in [3.63, 3.8) is 0 Å². The van der Waals surface area contributed by atoms with E-state index in [0.29, 0.717) is 5.84 Å². The topological polar surface area (TPSA) is 61.8 Å². The average molecular weight is 239 g/mol. The monoisotopic (exact) mass is 239 g/mol. The van der Waals surface area contributed by atoms with E-state index in [1.165, 1.54) is 10.4 Å². The molecule has 2 heterocycles. The van der Waals surface area contributed by atoms with Crippen molar-refractivity contribution in [2.75, 3.05) is 13.1 Å². The van der Waals surface area contributed by atoms with Gasteiger partial charge in [0.2, 0.25) is 0 Å². The molecular formula is C11H17N3OS. The third kappa shape index (κ3) is 2.36. The zero-order valence-electron chi connectivity index (χ0n) is 9.39. The molecule has 0 saturated heterocycles. The van der Waals surface area contributed by atoms with Gasteiger partial charge in [0.05, 0.1) is 0 Å². The molecule has 88 valence electrons. The minimum absolute atomic E-state index is 0.102. The van der Waals surface area contributed by atoms with Crippen LogP contribution in [0.15, 0.2) is 16.6 Å². The maximum atomic E-state index is 8.61. The van der Waals surface area contributed by atoms with Gasteiger partial charge in [0, 0.05) is 30.4 Å². The second-order valence-corrected chi connectivity index (χ2v) is 5.28. The van der Waals surface area contributed by atoms with Gasteiger partial charge in [-0.2, -0.15) is 0 Å². The first-order valence-corrected chi connectivity index (χ1v) is 6.33. The van der Waals surface area contributed by atoms with E-state index >= 15 is 0 Å². The van der Waals surface area contributed by atoms with Gasteiger partial charge in [0.25, 0.3) is 0 Å². The summed E-state index contributed by atoms with van der Waals surface area (Å²) in [7, 11) is 0. The molecule has 5 heteroatoms. The maximum Gasteiger partial charge on any atom is 0.143 e. The van der Waals surface area contributed by atoms with Crippen LogP contribution in [0.3, 0.4) is 0 Å². The molecule has 4 nitrogen and oxygen atoms in total. The molecule has 0 fully saturated rings. The molecule has 2 rings (SSSR count). The summed E-state index contributed by atoms with van der Waals surface area (Å²) in [6.45, 7) is 4.89. The van der Waals surface area contributed by atoms with Crippen molar-refractivity contribution >= 4 is 17.2 Å². The first-order chi connectivity index (χ1) is 7.70. The van der Waals surface area contributed by atoms with E-state index in [-0.39, 0.29) is 5.92 Å². The summed E-state index contributed by atoms with van der Waals surface area (Å²) in [4.78, 5) is 3.87. The van der Waals surface area contributed by atoms with E-state index in [2.05, 4.69) is 21.5 Å². The van der Waals surface area contributed by atoms with Crippen LogP contribution in [0.5, 0.6) is 0 Å². The first-order valence-electron chi connectivity index (χ1n) is 5.45. The second-order valence-electron chi connectivity index (χ2n) is 4.28. The number of hydrogen-bond donors (Lipinski definition) is 2. The predicted molar refractivity (Wildman–Crippen MR) is 65.9 cm³/mol. The van der Waals surface area contributed by atoms with Gasteiger partial charge >= 0.3 is 0 Å². The van der Waals surface area contributed by atoms with Crippen LogP contribution < -0.4 is 5.73 Å². The maximum absolute atomic E-state index is 8.61. The Labute approximate surface area is 99.4 Å². The number of nitrogens with two attached hydrogens (primary N) is 1. The van der Waals surface area contributed by atoms with E-state index in [1.807, 2.05) is 18.3 Å². The van der Waals surface area contributed by atoms with E-state index < -0.39 is 0 Å². The largest absolute Gasteiger partial charge is 0.409 e. The Morgan fingerprint density at radius 2 is 2.56 bits per heavy atom. The SMILES string of the molecule is CC(CN1CCc2sccc2C1)/C(N)=N/O. The summed E-state index contributed by atoms with van der Waals surface area (Å²) in [5, 5.41) is 13.8. The normalized spacial score (nSPS) is 19.4. The van der Waals surface area contributed by atoms with Crippen LogP contribution in [0.4, 0.5) is 0 Å². The third-order valence-electron chi connectivity index (χ3n) is 3.04. The molecule has 1 aromatic heterocycles. The second kappa shape index (κ2) is 4.84. The Kier molecular flexibility index (Phi) is 3.46. The summed E-state index contributed by atoms with van der Waals surface area (Å²) >= 11 is 1.84. The molecule has 0 amide bonds. The van der Waals surface area contributed by atoms with Crippen molar-refractivity contribution in [1.82, 2.24) is 4.90 Å². The number of hydrogen-bond acceptors (Lipinski definition) is 4. The number of oxime groups is 1. The minimum atomic E-state index is 0.102. The van der Waals surface area contributed by atoms with E-state index in [4.69, 9.17) is 10.9 Å². The molecule has 1 unspecified atom stereocenters. The van der Waals surface area contributed by atoms with Gasteiger partial charge in [0.1, 0.15) is 5.84 Å². The van der Waals surface area contributed by atoms with E-state index in [0.717, 1.165) is 26.1 Å². The number of thiophene rings is 1. The van der Waals surface area contributed by atoms with Gasteiger partial charge in [-0.15, -0.1) is 11.3 Å². The molecule has 0 aliphatic carbocycles. The van der Waals surface area contributed by atoms with Crippen molar-refractivity contribution in [2.45, 2.75) is 19.9 Å². The van der Waals surface area contributed by atoms with Gasteiger partial charge in [-0.05, 0) is 23.4 Å². The smallest absolute Gasteiger partial charge is 0.143 e. The Hall–Kier alpha value is -1.07. The lowest BCUT2D eigenvalue weighted by Crippen LogP contribution is -2.37. The summed E-state index contributed by atoms with van der Waals surface area (Å²) in [5.74, 6) is 0.418. The zero-order valence-corrected chi connectivity index (χ0v) is 10.2. The van der Waals surface area contributed by atoms with Crippen molar-refractivity contribution in [2.24, 2.45) is 16.8 Å². The van der Waals surface area contributed by atoms with Crippen LogP contribution in [0.2, 0.25) is 0 Å². The number of rotatable bonds is 3. The number of nitrogens with zero attached hydrogens (tertiary/aromatic N) is 2. The molecule has 3 N–H and O–H groups in total. The Bertz CT molecular complexity index is 388. The summed E-state index contributed by atoms with van der Waals surface area (Å²) in [6.07, 6.45) is 1.12. The Morgan fingerprint density at radius 3 is 3.31 bits per heavy atom. The highest BCUT2D eigenvalue weighted by atomic mass is 32.1. The van der Waals surface area contributed by atoms with Crippen LogP contribution in [0.1, 0.15) is 17.4 Å². The van der Waals surface area contributed by atoms with E-state index in [9.17, 15) is 0 Å². The highest BCUT2D eigenvalue weighted by molar-refractivity contribution is 7.10. The fourth-order valence-electron chi connectivity index (χ4n) is 2.04. The summed E-state index contributed by atoms with van der Waals surface area (Å²) < 4.78 is 0. The van der Waals surface area contributed by atoms with Crippen molar-refractivity contribution in [1.29, 1.82) is 0 Å². The average Bonchev–Trinajstić information content (AvgIpc) is 2.75. The molecule has 16 heavy (non-hydrogen) atoms. The Balaban J connectivity index is 1.94. The Morgan fingerprint density at radius 1 is 1.75 bits per heavy atom. The quantitative estimate of drug-likeness (QED) is 0.363. The predicted octanol–water partition coefficient (Wildman–Crippen LogP) is 1.49. The zero-order chi connectivity index (χ0) is 11.5. The summed E-state index contributed by atoms with van der Waals surface area (Å²) in [5.41, 5.74) is 7.02. The van der Waals surface area contributed by atoms with Crippen LogP contribution in [-0.2, 0) is 13.0 Å². The number of amidine groups is 1. The molecule has 1 aliphatic rings. The van der Waals surface area contributed by atoms with Crippen molar-refractivity contribution in [3.8, 4) is 0 Å². The molecule has 1 atom stereocenters. The summed E-state index contributed by atoms with van der Waals surface area (Å²) in [6, 6.07) is 2.19. The highest BCUT2D eigenvalue weighted by Crippen LogP contribution is 2.24. The van der Waals surface area contributed by atoms with Gasteiger partial charge in [-0.25, -0.2) is 0 Å². The van der Waals surface area contributed by atoms with Crippen LogP contribution >= 0.6 is 11.3 Å². The standard InChI is InChI=1S/C11H17N3OS/c1-8(11(12)13-15)6-14-4-2-10-9(7-14)3-5-16-10/h3,5,8,15H,2,4,6-7H2,1H3,(H2,12,13). The lowest BCUT2D eigenvalue weighted by Gasteiger charge is -2.28. The van der Waals surface area contributed by atoms with Crippen LogP contribution in [0, 0.1) is 5.92 Å². The molecule has 1 aromatic rings. The van der Waals surface area contributed by atoms with Crippen molar-refractivity contribution < 1.29 is 5.21 Å². The highest BCUT2D eigenvalue weighted by Gasteiger charge is 2.20. The molecule has 0 saturated carbocycles.